The minimum Gasteiger partial charge on any atom is -0.504 e. The van der Waals surface area contributed by atoms with Crippen molar-refractivity contribution < 1.29 is 14.4 Å². The molecule has 5 nitrogen and oxygen atoms in total. The number of hydrogen-bond acceptors (Lipinski definition) is 5. The molecule has 0 aliphatic rings. The molecule has 0 fully saturated rings. The van der Waals surface area contributed by atoms with Gasteiger partial charge in [-0.15, -0.1) is 0 Å². The first kappa shape index (κ1) is 11.4. The summed E-state index contributed by atoms with van der Waals surface area (Å²) in [4.78, 5) is 4.17. The van der Waals surface area contributed by atoms with E-state index in [9.17, 15) is 5.11 Å². The molecule has 0 amide bonds. The third kappa shape index (κ3) is 2.75. The molecule has 1 aromatic carbocycles. The second-order valence-corrected chi connectivity index (χ2v) is 3.96. The van der Waals surface area contributed by atoms with Crippen molar-refractivity contribution in [2.75, 3.05) is 0 Å². The Balaban J connectivity index is 2.00. The van der Waals surface area contributed by atoms with E-state index in [1.54, 1.807) is 24.3 Å². The topological polar surface area (TPSA) is 68.4 Å². The van der Waals surface area contributed by atoms with E-state index in [0.29, 0.717) is 17.5 Å². The van der Waals surface area contributed by atoms with Crippen molar-refractivity contribution in [2.45, 2.75) is 26.4 Å². The SMILES string of the molecule is CC(C)c1noc(COc2ccccc2O)n1. The molecule has 0 saturated heterocycles. The molecule has 1 aromatic heterocycles. The fraction of sp³-hybridized carbons (Fsp3) is 0.333. The molecule has 0 unspecified atom stereocenters. The number of rotatable bonds is 4. The summed E-state index contributed by atoms with van der Waals surface area (Å²) >= 11 is 0. The highest BCUT2D eigenvalue weighted by atomic mass is 16.5. The van der Waals surface area contributed by atoms with Crippen LogP contribution < -0.4 is 4.74 Å². The predicted molar refractivity (Wildman–Crippen MR) is 60.8 cm³/mol. The van der Waals surface area contributed by atoms with Gasteiger partial charge in [0.2, 0.25) is 0 Å². The standard InChI is InChI=1S/C12H14N2O3/c1-8(2)12-13-11(17-14-12)7-16-10-6-4-3-5-9(10)15/h3-6,8,15H,7H2,1-2H3. The average Bonchev–Trinajstić information content (AvgIpc) is 2.77. The van der Waals surface area contributed by atoms with Crippen LogP contribution in [-0.2, 0) is 6.61 Å². The van der Waals surface area contributed by atoms with Gasteiger partial charge in [0.15, 0.2) is 23.9 Å². The van der Waals surface area contributed by atoms with E-state index in [0.717, 1.165) is 0 Å². The Kier molecular flexibility index (Phi) is 3.27. The van der Waals surface area contributed by atoms with Crippen LogP contribution in [-0.4, -0.2) is 15.2 Å². The number of benzene rings is 1. The highest BCUT2D eigenvalue weighted by Gasteiger charge is 2.10. The molecule has 0 aliphatic heterocycles. The highest BCUT2D eigenvalue weighted by Crippen LogP contribution is 2.25. The van der Waals surface area contributed by atoms with E-state index >= 15 is 0 Å². The fourth-order valence-corrected chi connectivity index (χ4v) is 1.28. The molecule has 5 heteroatoms. The van der Waals surface area contributed by atoms with Crippen LogP contribution in [0.2, 0.25) is 0 Å². The summed E-state index contributed by atoms with van der Waals surface area (Å²) in [5, 5.41) is 13.3. The monoisotopic (exact) mass is 234 g/mol. The first-order valence-electron chi connectivity index (χ1n) is 5.40. The lowest BCUT2D eigenvalue weighted by Crippen LogP contribution is -1.97. The van der Waals surface area contributed by atoms with Crippen LogP contribution >= 0.6 is 0 Å². The fourth-order valence-electron chi connectivity index (χ4n) is 1.28. The van der Waals surface area contributed by atoms with Crippen LogP contribution in [0.25, 0.3) is 0 Å². The number of para-hydroxylation sites is 2. The molecule has 0 saturated carbocycles. The maximum absolute atomic E-state index is 9.49. The molecule has 90 valence electrons. The quantitative estimate of drug-likeness (QED) is 0.880. The van der Waals surface area contributed by atoms with E-state index in [1.165, 1.54) is 0 Å². The Morgan fingerprint density at radius 1 is 1.35 bits per heavy atom. The van der Waals surface area contributed by atoms with Crippen LogP contribution in [0.4, 0.5) is 0 Å². The van der Waals surface area contributed by atoms with Gasteiger partial charge >= 0.3 is 0 Å². The van der Waals surface area contributed by atoms with Gasteiger partial charge in [0.25, 0.3) is 5.89 Å². The number of aromatic nitrogens is 2. The van der Waals surface area contributed by atoms with Crippen molar-refractivity contribution in [3.8, 4) is 11.5 Å². The Morgan fingerprint density at radius 3 is 2.76 bits per heavy atom. The summed E-state index contributed by atoms with van der Waals surface area (Å²) in [6.07, 6.45) is 0. The lowest BCUT2D eigenvalue weighted by molar-refractivity contribution is 0.234. The van der Waals surface area contributed by atoms with E-state index in [1.807, 2.05) is 13.8 Å². The second kappa shape index (κ2) is 4.86. The number of phenolic OH excluding ortho intramolecular Hbond substituents is 1. The Hall–Kier alpha value is -2.04. The van der Waals surface area contributed by atoms with Gasteiger partial charge in [0, 0.05) is 5.92 Å². The smallest absolute Gasteiger partial charge is 0.264 e. The third-order valence-electron chi connectivity index (χ3n) is 2.22. The number of nitrogens with zero attached hydrogens (tertiary/aromatic N) is 2. The zero-order valence-electron chi connectivity index (χ0n) is 9.75. The largest absolute Gasteiger partial charge is 0.504 e. The molecule has 0 radical (unpaired) electrons. The number of hydrogen-bond donors (Lipinski definition) is 1. The first-order chi connectivity index (χ1) is 8.16. The zero-order chi connectivity index (χ0) is 12.3. The van der Waals surface area contributed by atoms with Crippen molar-refractivity contribution >= 4 is 0 Å². The molecule has 0 atom stereocenters. The Morgan fingerprint density at radius 2 is 2.12 bits per heavy atom. The number of aromatic hydroxyl groups is 1. The Bertz CT molecular complexity index is 494. The summed E-state index contributed by atoms with van der Waals surface area (Å²) in [7, 11) is 0. The molecule has 0 spiro atoms. The minimum atomic E-state index is 0.0936. The summed E-state index contributed by atoms with van der Waals surface area (Å²) in [5.74, 6) is 1.77. The second-order valence-electron chi connectivity index (χ2n) is 3.96. The van der Waals surface area contributed by atoms with Crippen molar-refractivity contribution in [1.29, 1.82) is 0 Å². The molecule has 17 heavy (non-hydrogen) atoms. The van der Waals surface area contributed by atoms with Gasteiger partial charge in [0.1, 0.15) is 0 Å². The summed E-state index contributed by atoms with van der Waals surface area (Å²) < 4.78 is 10.4. The molecular formula is C12H14N2O3. The lowest BCUT2D eigenvalue weighted by atomic mass is 10.2. The Labute approximate surface area is 99.0 Å². The normalized spacial score (nSPS) is 10.8. The van der Waals surface area contributed by atoms with Crippen LogP contribution in [0, 0.1) is 0 Å². The molecular weight excluding hydrogens is 220 g/mol. The van der Waals surface area contributed by atoms with Crippen molar-refractivity contribution in [1.82, 2.24) is 10.1 Å². The zero-order valence-corrected chi connectivity index (χ0v) is 9.75. The average molecular weight is 234 g/mol. The third-order valence-corrected chi connectivity index (χ3v) is 2.22. The van der Waals surface area contributed by atoms with Gasteiger partial charge in [-0.2, -0.15) is 4.98 Å². The molecule has 1 N–H and O–H groups in total. The van der Waals surface area contributed by atoms with Crippen LogP contribution in [0.3, 0.4) is 0 Å². The van der Waals surface area contributed by atoms with Crippen molar-refractivity contribution in [2.24, 2.45) is 0 Å². The molecule has 0 aliphatic carbocycles. The first-order valence-corrected chi connectivity index (χ1v) is 5.40. The molecule has 0 bridgehead atoms. The molecule has 2 aromatic rings. The van der Waals surface area contributed by atoms with Crippen molar-refractivity contribution in [3.63, 3.8) is 0 Å². The van der Waals surface area contributed by atoms with Crippen LogP contribution in [0.15, 0.2) is 28.8 Å². The minimum absolute atomic E-state index is 0.0936. The van der Waals surface area contributed by atoms with E-state index in [2.05, 4.69) is 10.1 Å². The van der Waals surface area contributed by atoms with E-state index in [4.69, 9.17) is 9.26 Å². The summed E-state index contributed by atoms with van der Waals surface area (Å²) in [5.41, 5.74) is 0. The van der Waals surface area contributed by atoms with E-state index < -0.39 is 0 Å². The number of phenols is 1. The van der Waals surface area contributed by atoms with Gasteiger partial charge in [-0.3, -0.25) is 0 Å². The lowest BCUT2D eigenvalue weighted by Gasteiger charge is -2.04. The van der Waals surface area contributed by atoms with Gasteiger partial charge in [-0.25, -0.2) is 0 Å². The molecule has 2 rings (SSSR count). The number of ether oxygens (including phenoxy) is 1. The van der Waals surface area contributed by atoms with Crippen molar-refractivity contribution in [3.05, 3.63) is 36.0 Å². The maximum atomic E-state index is 9.49. The highest BCUT2D eigenvalue weighted by molar-refractivity contribution is 5.37. The summed E-state index contributed by atoms with van der Waals surface area (Å²) in [6, 6.07) is 6.74. The maximum Gasteiger partial charge on any atom is 0.264 e. The predicted octanol–water partition coefficient (Wildman–Crippen LogP) is 2.48. The van der Waals surface area contributed by atoms with Crippen LogP contribution in [0.1, 0.15) is 31.5 Å². The van der Waals surface area contributed by atoms with E-state index in [-0.39, 0.29) is 18.3 Å². The van der Waals surface area contributed by atoms with Crippen LogP contribution in [0.5, 0.6) is 11.5 Å². The van der Waals surface area contributed by atoms with Gasteiger partial charge < -0.3 is 14.4 Å². The molecule has 1 heterocycles. The van der Waals surface area contributed by atoms with Gasteiger partial charge in [-0.1, -0.05) is 31.1 Å². The summed E-state index contributed by atoms with van der Waals surface area (Å²) in [6.45, 7) is 4.12. The van der Waals surface area contributed by atoms with Gasteiger partial charge in [-0.05, 0) is 12.1 Å². The van der Waals surface area contributed by atoms with Gasteiger partial charge in [0.05, 0.1) is 0 Å².